The average Bonchev–Trinajstić information content (AvgIpc) is 3.30. The van der Waals surface area contributed by atoms with Gasteiger partial charge in [0.25, 0.3) is 0 Å². The molecule has 2 aliphatic rings. The standard InChI is InChI=1S/C19H23N7O4S2/c1-10(12-6-4-3-5-7-12)20-17(30)21-13-14(27)26-8-19(16(28)29,9-31-15(13)26)11(2)32-18-22-24-25-23-18/h3-7,10-11,13,15H,8-9H2,1-2H3,(H,28,29)(H2,20,21,30)(H,22,23,24,25)/t10?,11?,13?,15-,19?/m1/s1. The predicted octanol–water partition coefficient (Wildman–Crippen LogP) is 1.10. The van der Waals surface area contributed by atoms with E-state index in [0.717, 1.165) is 5.56 Å². The molecule has 0 bridgehead atoms. The van der Waals surface area contributed by atoms with Crippen molar-refractivity contribution in [3.05, 3.63) is 35.9 Å². The first-order valence-electron chi connectivity index (χ1n) is 9.99. The molecule has 5 atom stereocenters. The number of hydrogen-bond donors (Lipinski definition) is 4. The molecular weight excluding hydrogens is 454 g/mol. The molecule has 4 N–H and O–H groups in total. The van der Waals surface area contributed by atoms with Crippen molar-refractivity contribution in [1.82, 2.24) is 36.2 Å². The number of tetrazole rings is 1. The monoisotopic (exact) mass is 477 g/mol. The number of thioether (sulfide) groups is 2. The van der Waals surface area contributed by atoms with Crippen LogP contribution in [0.3, 0.4) is 0 Å². The van der Waals surface area contributed by atoms with Crippen molar-refractivity contribution in [2.45, 2.75) is 41.7 Å². The number of carbonyl (C=O) groups is 3. The second kappa shape index (κ2) is 8.98. The van der Waals surface area contributed by atoms with Gasteiger partial charge >= 0.3 is 12.0 Å². The van der Waals surface area contributed by atoms with Crippen molar-refractivity contribution in [2.75, 3.05) is 12.3 Å². The molecule has 4 unspecified atom stereocenters. The number of aromatic amines is 1. The summed E-state index contributed by atoms with van der Waals surface area (Å²) in [6, 6.07) is 8.18. The third kappa shape index (κ3) is 4.13. The second-order valence-electron chi connectivity index (χ2n) is 7.81. The van der Waals surface area contributed by atoms with Gasteiger partial charge in [0.15, 0.2) is 0 Å². The van der Waals surface area contributed by atoms with Crippen molar-refractivity contribution < 1.29 is 19.5 Å². The highest BCUT2D eigenvalue weighted by molar-refractivity contribution is 8.01. The number of urea groups is 1. The average molecular weight is 478 g/mol. The van der Waals surface area contributed by atoms with Crippen LogP contribution in [0.15, 0.2) is 35.5 Å². The summed E-state index contributed by atoms with van der Waals surface area (Å²) in [5, 5.41) is 28.8. The third-order valence-electron chi connectivity index (χ3n) is 5.85. The number of hydrogen-bond acceptors (Lipinski definition) is 8. The van der Waals surface area contributed by atoms with Gasteiger partial charge in [0.05, 0.1) is 6.04 Å². The molecule has 2 aromatic rings. The molecular formula is C19H23N7O4S2. The first kappa shape index (κ1) is 22.4. The van der Waals surface area contributed by atoms with Crippen LogP contribution in [0, 0.1) is 5.41 Å². The zero-order chi connectivity index (χ0) is 22.9. The van der Waals surface area contributed by atoms with Crippen LogP contribution < -0.4 is 10.6 Å². The molecule has 3 heterocycles. The number of nitrogens with zero attached hydrogens (tertiary/aromatic N) is 4. The number of carboxylic acids is 1. The van der Waals surface area contributed by atoms with Crippen LogP contribution in [0.4, 0.5) is 4.79 Å². The molecule has 2 saturated heterocycles. The Bertz CT molecular complexity index is 993. The molecule has 13 heteroatoms. The van der Waals surface area contributed by atoms with Gasteiger partial charge in [-0.25, -0.2) is 4.79 Å². The summed E-state index contributed by atoms with van der Waals surface area (Å²) < 4.78 is 0. The Kier molecular flexibility index (Phi) is 6.29. The quantitative estimate of drug-likeness (QED) is 0.339. The van der Waals surface area contributed by atoms with Crippen LogP contribution in [-0.4, -0.2) is 77.5 Å². The first-order valence-corrected chi connectivity index (χ1v) is 11.9. The zero-order valence-corrected chi connectivity index (χ0v) is 19.0. The fourth-order valence-electron chi connectivity index (χ4n) is 3.82. The Morgan fingerprint density at radius 2 is 2.09 bits per heavy atom. The van der Waals surface area contributed by atoms with E-state index in [-0.39, 0.29) is 23.9 Å². The van der Waals surface area contributed by atoms with Gasteiger partial charge in [-0.3, -0.25) is 9.59 Å². The first-order chi connectivity index (χ1) is 15.3. The number of H-pyrrole nitrogens is 1. The van der Waals surface area contributed by atoms with Gasteiger partial charge in [-0.1, -0.05) is 49.0 Å². The minimum absolute atomic E-state index is 0.0606. The summed E-state index contributed by atoms with van der Waals surface area (Å²) in [4.78, 5) is 39.0. The lowest BCUT2D eigenvalue weighted by Crippen LogP contribution is -2.75. The number of carboxylic acid groups (broad SMARTS) is 1. The molecule has 1 aromatic heterocycles. The molecule has 0 radical (unpaired) electrons. The van der Waals surface area contributed by atoms with Gasteiger partial charge in [-0.05, 0) is 17.7 Å². The summed E-state index contributed by atoms with van der Waals surface area (Å²) in [6.07, 6.45) is 0. The van der Waals surface area contributed by atoms with Gasteiger partial charge < -0.3 is 20.6 Å². The Labute approximate surface area is 192 Å². The Morgan fingerprint density at radius 3 is 2.75 bits per heavy atom. The lowest BCUT2D eigenvalue weighted by molar-refractivity contribution is -0.157. The normalized spacial score (nSPS) is 26.4. The van der Waals surface area contributed by atoms with Gasteiger partial charge in [0.1, 0.15) is 16.8 Å². The largest absolute Gasteiger partial charge is 0.481 e. The molecule has 0 saturated carbocycles. The maximum Gasteiger partial charge on any atom is 0.316 e. The molecule has 170 valence electrons. The lowest BCUT2D eigenvalue weighted by atomic mass is 9.84. The van der Waals surface area contributed by atoms with Crippen LogP contribution in [0.25, 0.3) is 0 Å². The number of benzene rings is 1. The Hall–Kier alpha value is -2.80. The summed E-state index contributed by atoms with van der Waals surface area (Å²) in [5.41, 5.74) is -0.215. The smallest absolute Gasteiger partial charge is 0.316 e. The fourth-order valence-corrected chi connectivity index (χ4v) is 6.58. The zero-order valence-electron chi connectivity index (χ0n) is 17.4. The minimum atomic E-state index is -1.17. The van der Waals surface area contributed by atoms with Gasteiger partial charge in [-0.2, -0.15) is 5.21 Å². The summed E-state index contributed by atoms with van der Waals surface area (Å²) >= 11 is 2.56. The van der Waals surface area contributed by atoms with Crippen LogP contribution in [-0.2, 0) is 9.59 Å². The van der Waals surface area contributed by atoms with E-state index in [1.165, 1.54) is 28.4 Å². The summed E-state index contributed by atoms with van der Waals surface area (Å²) in [5.74, 6) is -0.971. The highest BCUT2D eigenvalue weighted by atomic mass is 32.2. The number of amides is 3. The van der Waals surface area contributed by atoms with Crippen molar-refractivity contribution in [1.29, 1.82) is 0 Å². The van der Waals surface area contributed by atoms with Gasteiger partial charge in [-0.15, -0.1) is 22.0 Å². The number of fused-ring (bicyclic) bond motifs is 1. The van der Waals surface area contributed by atoms with Crippen LogP contribution >= 0.6 is 23.5 Å². The molecule has 32 heavy (non-hydrogen) atoms. The number of nitrogens with one attached hydrogen (secondary N) is 3. The van der Waals surface area contributed by atoms with E-state index >= 15 is 0 Å². The SMILES string of the molecule is CC(NC(=O)NC1C(=O)N2CC(C(=O)O)(C(C)Sc3nn[nH]n3)CS[C@H]12)c1ccccc1. The molecule has 0 spiro atoms. The second-order valence-corrected chi connectivity index (χ2v) is 10.2. The fraction of sp³-hybridized carbons (Fsp3) is 0.474. The van der Waals surface area contributed by atoms with Crippen molar-refractivity contribution in [2.24, 2.45) is 5.41 Å². The molecule has 1 aromatic carbocycles. The van der Waals surface area contributed by atoms with Crippen LogP contribution in [0.2, 0.25) is 0 Å². The van der Waals surface area contributed by atoms with Crippen LogP contribution in [0.5, 0.6) is 0 Å². The molecule has 2 aliphatic heterocycles. The van der Waals surface area contributed by atoms with E-state index in [2.05, 4.69) is 31.3 Å². The number of rotatable bonds is 7. The molecule has 11 nitrogen and oxygen atoms in total. The molecule has 3 amide bonds. The Morgan fingerprint density at radius 1 is 1.34 bits per heavy atom. The topological polar surface area (TPSA) is 153 Å². The lowest BCUT2D eigenvalue weighted by Gasteiger charge is -2.54. The van der Waals surface area contributed by atoms with Gasteiger partial charge in [0, 0.05) is 17.5 Å². The number of aliphatic carboxylic acids is 1. The highest BCUT2D eigenvalue weighted by Crippen LogP contribution is 2.47. The summed E-state index contributed by atoms with van der Waals surface area (Å²) in [7, 11) is 0. The van der Waals surface area contributed by atoms with Crippen LogP contribution in [0.1, 0.15) is 25.5 Å². The van der Waals surface area contributed by atoms with Crippen molar-refractivity contribution in [3.63, 3.8) is 0 Å². The van der Waals surface area contributed by atoms with Gasteiger partial charge in [0.2, 0.25) is 11.1 Å². The maximum atomic E-state index is 12.8. The maximum absolute atomic E-state index is 12.8. The van der Waals surface area contributed by atoms with Crippen molar-refractivity contribution in [3.8, 4) is 0 Å². The van der Waals surface area contributed by atoms with E-state index in [1.54, 1.807) is 6.92 Å². The minimum Gasteiger partial charge on any atom is -0.481 e. The third-order valence-corrected chi connectivity index (χ3v) is 8.59. The van der Waals surface area contributed by atoms with E-state index in [1.807, 2.05) is 37.3 Å². The summed E-state index contributed by atoms with van der Waals surface area (Å²) in [6.45, 7) is 3.71. The van der Waals surface area contributed by atoms with Crippen molar-refractivity contribution >= 4 is 41.4 Å². The number of aromatic nitrogens is 4. The Balaban J connectivity index is 1.37. The number of carbonyl (C=O) groups excluding carboxylic acids is 2. The highest BCUT2D eigenvalue weighted by Gasteiger charge is 2.59. The number of β-lactam (4-membered cyclic amide) rings is 1. The van der Waals surface area contributed by atoms with E-state index in [0.29, 0.717) is 10.9 Å². The molecule has 0 aliphatic carbocycles. The molecule has 4 rings (SSSR count). The van der Waals surface area contributed by atoms with E-state index in [4.69, 9.17) is 0 Å². The predicted molar refractivity (Wildman–Crippen MR) is 118 cm³/mol. The van der Waals surface area contributed by atoms with E-state index in [9.17, 15) is 19.5 Å². The van der Waals surface area contributed by atoms with E-state index < -0.39 is 28.7 Å². The molecule has 2 fully saturated rings.